The number of aryl methyl sites for hydroxylation is 1. The first kappa shape index (κ1) is 20.9. The predicted molar refractivity (Wildman–Crippen MR) is 120 cm³/mol. The Morgan fingerprint density at radius 1 is 1.25 bits per heavy atom. The number of carbonyl (C=O) groups is 3. The van der Waals surface area contributed by atoms with Crippen LogP contribution in [0, 0.1) is 18.8 Å². The monoisotopic (exact) mass is 435 g/mol. The van der Waals surface area contributed by atoms with Crippen LogP contribution in [0.4, 0.5) is 5.69 Å². The first-order valence-electron chi connectivity index (χ1n) is 11.4. The van der Waals surface area contributed by atoms with Crippen molar-refractivity contribution in [3.05, 3.63) is 54.6 Å². The Morgan fingerprint density at radius 2 is 2.00 bits per heavy atom. The number of fused-ring (bicyclic) bond motifs is 1. The Kier molecular flexibility index (Phi) is 5.16. The van der Waals surface area contributed by atoms with Gasteiger partial charge in [-0.1, -0.05) is 49.3 Å². The standard InChI is InChI=1S/C25H29N3O4/c1-3-14-28-21(23(30)26-16-9-5-6-10-16)25-13-12-18(32-25)19(20(25)24(28)31)22(29)27-17-11-7-4-8-15(17)2/h3-4,7-8,11-13,16,18-21H,1,5-6,9-10,14H2,2H3,(H,26,30)(H,27,29)/t18-,19-,20+,21-,25+/m1/s1. The summed E-state index contributed by atoms with van der Waals surface area (Å²) in [6.07, 6.45) is 8.84. The molecule has 3 amide bonds. The third kappa shape index (κ3) is 3.10. The highest BCUT2D eigenvalue weighted by Crippen LogP contribution is 2.55. The molecular formula is C25H29N3O4. The van der Waals surface area contributed by atoms with E-state index in [-0.39, 0.29) is 30.3 Å². The van der Waals surface area contributed by atoms with Crippen molar-refractivity contribution in [2.24, 2.45) is 11.8 Å². The van der Waals surface area contributed by atoms with Crippen molar-refractivity contribution in [1.29, 1.82) is 0 Å². The molecule has 2 saturated heterocycles. The number of carbonyl (C=O) groups excluding carboxylic acids is 3. The third-order valence-electron chi connectivity index (χ3n) is 7.36. The first-order valence-corrected chi connectivity index (χ1v) is 11.4. The van der Waals surface area contributed by atoms with Gasteiger partial charge >= 0.3 is 0 Å². The lowest BCUT2D eigenvalue weighted by atomic mass is 9.74. The number of nitrogens with one attached hydrogen (secondary N) is 2. The molecular weight excluding hydrogens is 406 g/mol. The van der Waals surface area contributed by atoms with Gasteiger partial charge in [0.1, 0.15) is 11.6 Å². The molecule has 1 aromatic carbocycles. The van der Waals surface area contributed by atoms with Gasteiger partial charge < -0.3 is 20.3 Å². The number of para-hydroxylation sites is 1. The summed E-state index contributed by atoms with van der Waals surface area (Å²) < 4.78 is 6.30. The Balaban J connectivity index is 1.45. The molecule has 2 bridgehead atoms. The van der Waals surface area contributed by atoms with Gasteiger partial charge in [0, 0.05) is 18.3 Å². The fourth-order valence-corrected chi connectivity index (χ4v) is 5.88. The van der Waals surface area contributed by atoms with Gasteiger partial charge in [-0.15, -0.1) is 6.58 Å². The normalized spacial score (nSPS) is 32.9. The average Bonchev–Trinajstić information content (AvgIpc) is 3.53. The summed E-state index contributed by atoms with van der Waals surface area (Å²) in [4.78, 5) is 41.8. The maximum atomic E-state index is 13.6. The Bertz CT molecular complexity index is 999. The molecule has 4 aliphatic rings. The molecule has 3 heterocycles. The number of amides is 3. The summed E-state index contributed by atoms with van der Waals surface area (Å²) in [5.74, 6) is -2.12. The van der Waals surface area contributed by atoms with Gasteiger partial charge in [0.2, 0.25) is 17.7 Å². The number of anilines is 1. The smallest absolute Gasteiger partial charge is 0.246 e. The summed E-state index contributed by atoms with van der Waals surface area (Å²) in [6.45, 7) is 5.92. The van der Waals surface area contributed by atoms with Crippen molar-refractivity contribution in [2.45, 2.75) is 56.4 Å². The van der Waals surface area contributed by atoms with Gasteiger partial charge in [0.25, 0.3) is 0 Å². The van der Waals surface area contributed by atoms with Crippen molar-refractivity contribution in [3.8, 4) is 0 Å². The van der Waals surface area contributed by atoms with Crippen molar-refractivity contribution in [2.75, 3.05) is 11.9 Å². The Morgan fingerprint density at radius 3 is 2.72 bits per heavy atom. The molecule has 1 aliphatic carbocycles. The fraction of sp³-hybridized carbons (Fsp3) is 0.480. The maximum Gasteiger partial charge on any atom is 0.246 e. The highest BCUT2D eigenvalue weighted by molar-refractivity contribution is 6.03. The first-order chi connectivity index (χ1) is 15.5. The van der Waals surface area contributed by atoms with E-state index in [1.165, 1.54) is 4.90 Å². The maximum absolute atomic E-state index is 13.6. The minimum atomic E-state index is -1.12. The average molecular weight is 436 g/mol. The van der Waals surface area contributed by atoms with Crippen molar-refractivity contribution < 1.29 is 19.1 Å². The lowest BCUT2D eigenvalue weighted by Gasteiger charge is -2.32. The van der Waals surface area contributed by atoms with Gasteiger partial charge in [-0.05, 0) is 31.4 Å². The van der Waals surface area contributed by atoms with Crippen molar-refractivity contribution >= 4 is 23.4 Å². The molecule has 5 rings (SSSR count). The van der Waals surface area contributed by atoms with Crippen LogP contribution in [0.15, 0.2) is 49.1 Å². The van der Waals surface area contributed by atoms with Crippen LogP contribution >= 0.6 is 0 Å². The zero-order valence-corrected chi connectivity index (χ0v) is 18.3. The lowest BCUT2D eigenvalue weighted by Crippen LogP contribution is -2.56. The summed E-state index contributed by atoms with van der Waals surface area (Å²) in [5, 5.41) is 6.10. The molecule has 0 radical (unpaired) electrons. The molecule has 3 fully saturated rings. The van der Waals surface area contributed by atoms with E-state index in [1.807, 2.05) is 43.3 Å². The molecule has 168 valence electrons. The van der Waals surface area contributed by atoms with Gasteiger partial charge in [-0.2, -0.15) is 0 Å². The molecule has 7 heteroatoms. The largest absolute Gasteiger partial charge is 0.359 e. The highest BCUT2D eigenvalue weighted by atomic mass is 16.5. The molecule has 7 nitrogen and oxygen atoms in total. The number of hydrogen-bond acceptors (Lipinski definition) is 4. The molecule has 2 N–H and O–H groups in total. The highest BCUT2D eigenvalue weighted by Gasteiger charge is 2.72. The minimum absolute atomic E-state index is 0.126. The number of nitrogens with zero attached hydrogens (tertiary/aromatic N) is 1. The SMILES string of the molecule is C=CCN1C(=O)[C@@H]2[C@H](C(=O)Nc3ccccc3C)[C@H]3C=C[C@@]2(O3)[C@H]1C(=O)NC1CCCC1. The van der Waals surface area contributed by atoms with E-state index in [0.717, 1.165) is 31.2 Å². The van der Waals surface area contributed by atoms with Gasteiger partial charge in [-0.3, -0.25) is 14.4 Å². The summed E-state index contributed by atoms with van der Waals surface area (Å²) >= 11 is 0. The van der Waals surface area contributed by atoms with Crippen molar-refractivity contribution in [1.82, 2.24) is 10.2 Å². The number of benzene rings is 1. The Labute approximate surface area is 187 Å². The third-order valence-corrected chi connectivity index (χ3v) is 7.36. The molecule has 5 atom stereocenters. The van der Waals surface area contributed by atoms with E-state index < -0.39 is 29.6 Å². The molecule has 1 saturated carbocycles. The zero-order valence-electron chi connectivity index (χ0n) is 18.3. The second-order valence-corrected chi connectivity index (χ2v) is 9.27. The van der Waals surface area contributed by atoms with Crippen LogP contribution in [0.1, 0.15) is 31.2 Å². The van der Waals surface area contributed by atoms with E-state index in [2.05, 4.69) is 17.2 Å². The zero-order chi connectivity index (χ0) is 22.5. The van der Waals surface area contributed by atoms with Crippen LogP contribution in [0.5, 0.6) is 0 Å². The molecule has 1 spiro atoms. The minimum Gasteiger partial charge on any atom is -0.359 e. The quantitative estimate of drug-likeness (QED) is 0.672. The molecule has 0 aromatic heterocycles. The predicted octanol–water partition coefficient (Wildman–Crippen LogP) is 2.33. The number of likely N-dealkylation sites (tertiary alicyclic amines) is 1. The number of rotatable bonds is 6. The van der Waals surface area contributed by atoms with Crippen LogP contribution in [0.3, 0.4) is 0 Å². The van der Waals surface area contributed by atoms with Gasteiger partial charge in [0.05, 0.1) is 17.9 Å². The molecule has 1 aromatic rings. The molecule has 3 aliphatic heterocycles. The van der Waals surface area contributed by atoms with Gasteiger partial charge in [-0.25, -0.2) is 0 Å². The van der Waals surface area contributed by atoms with E-state index in [0.29, 0.717) is 5.69 Å². The number of ether oxygens (including phenoxy) is 1. The van der Waals surface area contributed by atoms with Crippen LogP contribution in [0.2, 0.25) is 0 Å². The van der Waals surface area contributed by atoms with Crippen LogP contribution in [0.25, 0.3) is 0 Å². The second kappa shape index (κ2) is 7.89. The van der Waals surface area contributed by atoms with E-state index in [1.54, 1.807) is 6.08 Å². The van der Waals surface area contributed by atoms with Crippen LogP contribution < -0.4 is 10.6 Å². The lowest BCUT2D eigenvalue weighted by molar-refractivity contribution is -0.140. The van der Waals surface area contributed by atoms with E-state index >= 15 is 0 Å². The van der Waals surface area contributed by atoms with Crippen molar-refractivity contribution in [3.63, 3.8) is 0 Å². The van der Waals surface area contributed by atoms with E-state index in [4.69, 9.17) is 4.74 Å². The second-order valence-electron chi connectivity index (χ2n) is 9.27. The summed E-state index contributed by atoms with van der Waals surface area (Å²) in [7, 11) is 0. The summed E-state index contributed by atoms with van der Waals surface area (Å²) in [6, 6.07) is 6.84. The fourth-order valence-electron chi connectivity index (χ4n) is 5.88. The van der Waals surface area contributed by atoms with Gasteiger partial charge in [0.15, 0.2) is 0 Å². The van der Waals surface area contributed by atoms with E-state index in [9.17, 15) is 14.4 Å². The summed E-state index contributed by atoms with van der Waals surface area (Å²) in [5.41, 5.74) is 0.526. The van der Waals surface area contributed by atoms with Crippen LogP contribution in [-0.4, -0.2) is 53.0 Å². The molecule has 32 heavy (non-hydrogen) atoms. The number of hydrogen-bond donors (Lipinski definition) is 2. The molecule has 0 unspecified atom stereocenters. The topological polar surface area (TPSA) is 87.7 Å². The Hall–Kier alpha value is -2.93. The van der Waals surface area contributed by atoms with Crippen LogP contribution in [-0.2, 0) is 19.1 Å².